The maximum Gasteiger partial charge on any atom is 0.137 e. The fraction of sp³-hybridized carbons (Fsp3) is 0.0536. The van der Waals surface area contributed by atoms with E-state index in [0.717, 1.165) is 58.1 Å². The predicted octanol–water partition coefficient (Wildman–Crippen LogP) is 11.4. The summed E-state index contributed by atoms with van der Waals surface area (Å²) in [6, 6.07) is 63.3. The zero-order valence-corrected chi connectivity index (χ0v) is 34.0. The summed E-state index contributed by atoms with van der Waals surface area (Å²) >= 11 is 0. The first-order chi connectivity index (χ1) is 30.8. The van der Waals surface area contributed by atoms with Gasteiger partial charge in [0.05, 0.1) is 5.69 Å². The Bertz CT molecular complexity index is 3210. The van der Waals surface area contributed by atoms with Gasteiger partial charge in [-0.25, -0.2) is 9.97 Å². The van der Waals surface area contributed by atoms with Gasteiger partial charge in [-0.3, -0.25) is 14.8 Å². The van der Waals surface area contributed by atoms with Gasteiger partial charge in [-0.05, 0) is 145 Å². The monoisotopic (exact) mass is 798 g/mol. The first kappa shape index (κ1) is 36.9. The molecule has 1 N–H and O–H groups in total. The van der Waals surface area contributed by atoms with Crippen molar-refractivity contribution >= 4 is 61.4 Å². The van der Waals surface area contributed by atoms with Gasteiger partial charge in [0.15, 0.2) is 0 Å². The topological polar surface area (TPSA) is 57.2 Å². The van der Waals surface area contributed by atoms with Crippen LogP contribution < -0.4 is 25.6 Å². The lowest BCUT2D eigenvalue weighted by Crippen LogP contribution is -2.37. The van der Waals surface area contributed by atoms with Crippen LogP contribution in [-0.2, 0) is 0 Å². The van der Waals surface area contributed by atoms with Crippen LogP contribution >= 0.6 is 0 Å². The van der Waals surface area contributed by atoms with Crippen LogP contribution in [-0.4, -0.2) is 21.5 Å². The van der Waals surface area contributed by atoms with Crippen molar-refractivity contribution in [2.45, 2.75) is 12.3 Å². The van der Waals surface area contributed by atoms with Crippen molar-refractivity contribution in [2.75, 3.05) is 16.3 Å². The number of rotatable bonds is 9. The van der Waals surface area contributed by atoms with E-state index in [9.17, 15) is 0 Å². The predicted molar refractivity (Wildman–Crippen MR) is 254 cm³/mol. The van der Waals surface area contributed by atoms with Gasteiger partial charge >= 0.3 is 0 Å². The number of benzene rings is 6. The molecule has 0 bridgehead atoms. The Kier molecular flexibility index (Phi) is 9.63. The van der Waals surface area contributed by atoms with Gasteiger partial charge in [-0.1, -0.05) is 115 Å². The average Bonchev–Trinajstić information content (AvgIpc) is 3.36. The van der Waals surface area contributed by atoms with Crippen LogP contribution in [0.2, 0.25) is 0 Å². The van der Waals surface area contributed by atoms with Crippen LogP contribution in [0, 0.1) is 0 Å². The lowest BCUT2D eigenvalue weighted by atomic mass is 9.74. The van der Waals surface area contributed by atoms with E-state index in [1.54, 1.807) is 0 Å². The highest BCUT2D eigenvalue weighted by Gasteiger charge is 2.29. The number of hydrogen-bond acceptors (Lipinski definition) is 6. The average molecular weight is 799 g/mol. The summed E-state index contributed by atoms with van der Waals surface area (Å²) in [5.74, 6) is 1.79. The van der Waals surface area contributed by atoms with Crippen LogP contribution in [0.15, 0.2) is 225 Å². The molecule has 0 saturated heterocycles. The Hall–Kier alpha value is -8.09. The Balaban J connectivity index is 1.32. The summed E-state index contributed by atoms with van der Waals surface area (Å²) in [6.45, 7) is 0.733. The lowest BCUT2D eigenvalue weighted by Gasteiger charge is -2.30. The fourth-order valence-corrected chi connectivity index (χ4v) is 9.41. The fourth-order valence-electron chi connectivity index (χ4n) is 9.41. The van der Waals surface area contributed by atoms with Crippen molar-refractivity contribution < 1.29 is 0 Å². The van der Waals surface area contributed by atoms with E-state index in [2.05, 4.69) is 178 Å². The van der Waals surface area contributed by atoms with Gasteiger partial charge in [0.25, 0.3) is 0 Å². The van der Waals surface area contributed by atoms with Crippen molar-refractivity contribution in [3.63, 3.8) is 0 Å². The van der Waals surface area contributed by atoms with E-state index >= 15 is 0 Å². The van der Waals surface area contributed by atoms with Crippen molar-refractivity contribution in [1.29, 1.82) is 0 Å². The third-order valence-electron chi connectivity index (χ3n) is 12.1. The van der Waals surface area contributed by atoms with Crippen LogP contribution in [0.3, 0.4) is 0 Å². The molecule has 62 heavy (non-hydrogen) atoms. The summed E-state index contributed by atoms with van der Waals surface area (Å²) in [5.41, 5.74) is 10.5. The van der Waals surface area contributed by atoms with E-state index in [4.69, 9.17) is 9.97 Å². The first-order valence-electron chi connectivity index (χ1n) is 21.2. The quantitative estimate of drug-likeness (QED) is 0.147. The standard InChI is InChI=1S/C56H42N6/c1-4-14-39(15-5-1)48-38-49(40-16-6-2-7-17-40)55-46-24-22-44(61(42-26-32-57-33-27-42)52-20-10-12-30-59-52)36-50(46)51-37-45(23-25-47(51)56(55)54(48)41-18-8-3-9-19-41)62(43-28-34-58-35-29-43)53-21-11-13-31-60-53/h1-32,34-37,48,57H,33,38H2. The molecule has 6 aromatic carbocycles. The number of anilines is 5. The van der Waals surface area contributed by atoms with E-state index in [-0.39, 0.29) is 5.92 Å². The molecule has 0 fully saturated rings. The minimum absolute atomic E-state index is 0.112. The maximum absolute atomic E-state index is 4.88. The molecule has 296 valence electrons. The Morgan fingerprint density at radius 2 is 1.06 bits per heavy atom. The lowest BCUT2D eigenvalue weighted by molar-refractivity contribution is 0.876. The number of aromatic nitrogens is 3. The molecular weight excluding hydrogens is 757 g/mol. The molecule has 1 aliphatic carbocycles. The zero-order valence-electron chi connectivity index (χ0n) is 34.0. The van der Waals surface area contributed by atoms with E-state index in [0.29, 0.717) is 0 Å². The van der Waals surface area contributed by atoms with Gasteiger partial charge in [0.2, 0.25) is 0 Å². The zero-order chi connectivity index (χ0) is 41.2. The molecule has 2 aliphatic rings. The van der Waals surface area contributed by atoms with Crippen molar-refractivity contribution in [2.24, 2.45) is 0 Å². The van der Waals surface area contributed by atoms with Gasteiger partial charge < -0.3 is 5.32 Å². The van der Waals surface area contributed by atoms with Crippen molar-refractivity contribution in [3.8, 4) is 0 Å². The number of hydrogen-bond donors (Lipinski definition) is 1. The van der Waals surface area contributed by atoms with Crippen molar-refractivity contribution in [3.05, 3.63) is 252 Å². The van der Waals surface area contributed by atoms with Crippen LogP contribution in [0.4, 0.5) is 28.7 Å². The molecule has 0 saturated carbocycles. The third kappa shape index (κ3) is 6.68. The maximum atomic E-state index is 4.88. The minimum Gasteiger partial charge on any atom is -0.387 e. The van der Waals surface area contributed by atoms with Gasteiger partial charge in [-0.2, -0.15) is 0 Å². The van der Waals surface area contributed by atoms with E-state index < -0.39 is 0 Å². The van der Waals surface area contributed by atoms with Crippen molar-refractivity contribution in [1.82, 2.24) is 20.3 Å². The molecule has 0 radical (unpaired) electrons. The highest BCUT2D eigenvalue weighted by Crippen LogP contribution is 2.43. The normalized spacial score (nSPS) is 14.6. The molecule has 0 spiro atoms. The molecule has 3 aromatic heterocycles. The van der Waals surface area contributed by atoms with Crippen LogP contribution in [0.1, 0.15) is 29.0 Å². The molecular formula is C56H42N6. The Morgan fingerprint density at radius 1 is 0.484 bits per heavy atom. The number of pyridine rings is 3. The highest BCUT2D eigenvalue weighted by atomic mass is 15.2. The largest absolute Gasteiger partial charge is 0.387 e. The SMILES string of the molecule is C1=CC(N(c2ccc3c4c(c5ccc(N(c6ccncc6)c6ccccn6)cc5c3c2)=C(c2ccccc2)C(c2ccccc2)CC=4c2ccccc2)c2ccccn2)=CCN1. The summed E-state index contributed by atoms with van der Waals surface area (Å²) in [4.78, 5) is 18.6. The van der Waals surface area contributed by atoms with E-state index in [1.165, 1.54) is 49.0 Å². The van der Waals surface area contributed by atoms with Crippen LogP contribution in [0.25, 0.3) is 32.7 Å². The van der Waals surface area contributed by atoms with Crippen LogP contribution in [0.5, 0.6) is 0 Å². The van der Waals surface area contributed by atoms with Gasteiger partial charge in [0, 0.05) is 54.3 Å². The summed E-state index contributed by atoms with van der Waals surface area (Å²) in [7, 11) is 0. The summed E-state index contributed by atoms with van der Waals surface area (Å²) in [6.07, 6.45) is 14.6. The molecule has 1 unspecified atom stereocenters. The molecule has 0 amide bonds. The summed E-state index contributed by atoms with van der Waals surface area (Å²) in [5, 5.41) is 10.6. The second-order valence-electron chi connectivity index (χ2n) is 15.6. The molecule has 1 aliphatic heterocycles. The first-order valence-corrected chi connectivity index (χ1v) is 21.2. The number of dihydropyridines is 1. The molecule has 11 rings (SSSR count). The molecule has 4 heterocycles. The summed E-state index contributed by atoms with van der Waals surface area (Å²) < 4.78 is 0. The second-order valence-corrected chi connectivity index (χ2v) is 15.6. The number of allylic oxidation sites excluding steroid dienone is 1. The van der Waals surface area contributed by atoms with Gasteiger partial charge in [0.1, 0.15) is 11.6 Å². The van der Waals surface area contributed by atoms with E-state index in [1.807, 2.05) is 61.3 Å². The highest BCUT2D eigenvalue weighted by molar-refractivity contribution is 6.12. The second kappa shape index (κ2) is 16.2. The molecule has 1 atom stereocenters. The third-order valence-corrected chi connectivity index (χ3v) is 12.1. The minimum atomic E-state index is 0.112. The molecule has 6 nitrogen and oxygen atoms in total. The molecule has 6 heteroatoms. The number of fused-ring (bicyclic) bond motifs is 6. The van der Waals surface area contributed by atoms with Gasteiger partial charge in [-0.15, -0.1) is 0 Å². The number of nitrogens with one attached hydrogen (secondary N) is 1. The number of nitrogens with zero attached hydrogens (tertiary/aromatic N) is 5. The smallest absolute Gasteiger partial charge is 0.137 e. The Labute approximate surface area is 360 Å². The molecule has 9 aromatic rings. The Morgan fingerprint density at radius 3 is 1.68 bits per heavy atom.